The van der Waals surface area contributed by atoms with Crippen LogP contribution in [0.15, 0.2) is 12.3 Å². The Morgan fingerprint density at radius 1 is 1.39 bits per heavy atom. The van der Waals surface area contributed by atoms with E-state index in [1.165, 1.54) is 0 Å². The van der Waals surface area contributed by atoms with Crippen LogP contribution in [-0.4, -0.2) is 37.2 Å². The number of halogens is 3. The van der Waals surface area contributed by atoms with E-state index in [0.29, 0.717) is 13.0 Å². The molecule has 0 radical (unpaired) electrons. The summed E-state index contributed by atoms with van der Waals surface area (Å²) in [7, 11) is 0. The molecule has 0 aromatic heterocycles. The van der Waals surface area contributed by atoms with Crippen molar-refractivity contribution >= 4 is 11.9 Å². The van der Waals surface area contributed by atoms with Gasteiger partial charge >= 0.3 is 12.1 Å². The van der Waals surface area contributed by atoms with Crippen molar-refractivity contribution in [1.29, 1.82) is 0 Å². The smallest absolute Gasteiger partial charge is 0.415 e. The summed E-state index contributed by atoms with van der Waals surface area (Å²) in [6, 6.07) is -0.201. The fraction of sp³-hybridized carbons (Fsp3) is 0.600. The van der Waals surface area contributed by atoms with Crippen LogP contribution in [-0.2, 0) is 14.3 Å². The molecule has 1 aliphatic heterocycles. The van der Waals surface area contributed by atoms with Crippen molar-refractivity contribution in [3.63, 3.8) is 0 Å². The summed E-state index contributed by atoms with van der Waals surface area (Å²) in [6.07, 6.45) is -3.59. The van der Waals surface area contributed by atoms with Gasteiger partial charge in [-0.05, 0) is 19.4 Å². The average molecular weight is 266 g/mol. The van der Waals surface area contributed by atoms with Crippen molar-refractivity contribution in [2.24, 2.45) is 0 Å². The number of alkyl halides is 3. The molecule has 0 aromatic carbocycles. The zero-order valence-electron chi connectivity index (χ0n) is 9.47. The van der Waals surface area contributed by atoms with E-state index in [9.17, 15) is 22.8 Å². The average Bonchev–Trinajstić information content (AvgIpc) is 2.28. The number of ether oxygens (including phenoxy) is 1. The molecule has 1 fully saturated rings. The highest BCUT2D eigenvalue weighted by Gasteiger charge is 2.42. The van der Waals surface area contributed by atoms with Gasteiger partial charge in [-0.3, -0.25) is 4.79 Å². The molecule has 1 heterocycles. The molecule has 0 aromatic rings. The lowest BCUT2D eigenvalue weighted by Crippen LogP contribution is -2.46. The second-order valence-electron chi connectivity index (χ2n) is 3.83. The SMILES string of the molecule is C=C(OC(=O)C(F)(F)F)C(=O)N[C@H]1CCCNC1. The molecule has 0 saturated carbocycles. The number of esters is 1. The third-order valence-electron chi connectivity index (χ3n) is 2.33. The summed E-state index contributed by atoms with van der Waals surface area (Å²) in [5, 5.41) is 5.44. The number of hydrogen-bond acceptors (Lipinski definition) is 4. The van der Waals surface area contributed by atoms with Crippen LogP contribution >= 0.6 is 0 Å². The third kappa shape index (κ3) is 4.36. The summed E-state index contributed by atoms with van der Waals surface area (Å²) in [6.45, 7) is 4.35. The first-order chi connectivity index (χ1) is 8.30. The quantitative estimate of drug-likeness (QED) is 0.443. The van der Waals surface area contributed by atoms with Crippen LogP contribution in [0.25, 0.3) is 0 Å². The van der Waals surface area contributed by atoms with Crippen LogP contribution in [0.4, 0.5) is 13.2 Å². The number of hydrogen-bond donors (Lipinski definition) is 2. The number of nitrogens with one attached hydrogen (secondary N) is 2. The normalized spacial score (nSPS) is 20.1. The number of carbonyl (C=O) groups excluding carboxylic acids is 2. The molecule has 0 bridgehead atoms. The molecule has 0 unspecified atom stereocenters. The Bertz CT molecular complexity index is 349. The molecule has 8 heteroatoms. The van der Waals surface area contributed by atoms with Crippen LogP contribution in [0.3, 0.4) is 0 Å². The Morgan fingerprint density at radius 2 is 2.06 bits per heavy atom. The molecule has 1 rings (SSSR count). The zero-order valence-corrected chi connectivity index (χ0v) is 9.47. The van der Waals surface area contributed by atoms with Gasteiger partial charge in [0.25, 0.3) is 5.91 Å². The van der Waals surface area contributed by atoms with E-state index in [2.05, 4.69) is 21.9 Å². The topological polar surface area (TPSA) is 67.4 Å². The Balaban J connectivity index is 2.41. The van der Waals surface area contributed by atoms with E-state index in [1.807, 2.05) is 0 Å². The predicted octanol–water partition coefficient (Wildman–Crippen LogP) is 0.474. The Morgan fingerprint density at radius 3 is 2.56 bits per heavy atom. The first-order valence-corrected chi connectivity index (χ1v) is 5.30. The standard InChI is InChI=1S/C10H13F3N2O3/c1-6(18-9(17)10(11,12)13)8(16)15-7-3-2-4-14-5-7/h7,14H,1-5H2,(H,15,16)/t7-/m0/s1. The molecule has 1 saturated heterocycles. The molecule has 0 spiro atoms. The molecule has 0 aliphatic carbocycles. The summed E-state index contributed by atoms with van der Waals surface area (Å²) in [5.41, 5.74) is 0. The summed E-state index contributed by atoms with van der Waals surface area (Å²) in [4.78, 5) is 21.9. The fourth-order valence-electron chi connectivity index (χ4n) is 1.46. The van der Waals surface area contributed by atoms with Crippen LogP contribution in [0, 0.1) is 0 Å². The highest BCUT2D eigenvalue weighted by atomic mass is 19.4. The molecule has 2 N–H and O–H groups in total. The van der Waals surface area contributed by atoms with Crippen molar-refractivity contribution in [2.45, 2.75) is 25.1 Å². The molecule has 5 nitrogen and oxygen atoms in total. The van der Waals surface area contributed by atoms with Gasteiger partial charge in [0.05, 0.1) is 0 Å². The summed E-state index contributed by atoms with van der Waals surface area (Å²) in [5.74, 6) is -4.23. The first-order valence-electron chi connectivity index (χ1n) is 5.30. The third-order valence-corrected chi connectivity index (χ3v) is 2.33. The molecular formula is C10H13F3N2O3. The molecule has 18 heavy (non-hydrogen) atoms. The maximum absolute atomic E-state index is 11.9. The van der Waals surface area contributed by atoms with Gasteiger partial charge in [-0.25, -0.2) is 4.79 Å². The number of rotatable bonds is 3. The fourth-order valence-corrected chi connectivity index (χ4v) is 1.46. The van der Waals surface area contributed by atoms with Crippen LogP contribution < -0.4 is 10.6 Å². The number of piperidine rings is 1. The summed E-state index contributed by atoms with van der Waals surface area (Å²) < 4.78 is 39.4. The van der Waals surface area contributed by atoms with Gasteiger partial charge in [-0.15, -0.1) is 0 Å². The second kappa shape index (κ2) is 5.85. The Labute approximate surface area is 101 Å². The van der Waals surface area contributed by atoms with Crippen LogP contribution in [0.1, 0.15) is 12.8 Å². The number of carbonyl (C=O) groups is 2. The second-order valence-corrected chi connectivity index (χ2v) is 3.83. The van der Waals surface area contributed by atoms with E-state index in [-0.39, 0.29) is 6.04 Å². The molecular weight excluding hydrogens is 253 g/mol. The van der Waals surface area contributed by atoms with E-state index < -0.39 is 23.8 Å². The summed E-state index contributed by atoms with van der Waals surface area (Å²) >= 11 is 0. The largest absolute Gasteiger partial charge is 0.491 e. The van der Waals surface area contributed by atoms with Gasteiger partial charge in [0, 0.05) is 12.6 Å². The molecule has 1 amide bonds. The van der Waals surface area contributed by atoms with Gasteiger partial charge in [0.1, 0.15) is 0 Å². The van der Waals surface area contributed by atoms with E-state index in [0.717, 1.165) is 13.0 Å². The van der Waals surface area contributed by atoms with Crippen molar-refractivity contribution in [1.82, 2.24) is 10.6 Å². The lowest BCUT2D eigenvalue weighted by atomic mass is 10.1. The lowest BCUT2D eigenvalue weighted by Gasteiger charge is -2.23. The highest BCUT2D eigenvalue weighted by molar-refractivity contribution is 5.94. The van der Waals surface area contributed by atoms with Crippen LogP contribution in [0.2, 0.25) is 0 Å². The first kappa shape index (κ1) is 14.5. The van der Waals surface area contributed by atoms with Gasteiger partial charge in [-0.2, -0.15) is 13.2 Å². The lowest BCUT2D eigenvalue weighted by molar-refractivity contribution is -0.195. The Kier molecular flexibility index (Phi) is 4.71. The highest BCUT2D eigenvalue weighted by Crippen LogP contribution is 2.18. The zero-order chi connectivity index (χ0) is 13.8. The van der Waals surface area contributed by atoms with E-state index in [4.69, 9.17) is 0 Å². The maximum atomic E-state index is 11.9. The van der Waals surface area contributed by atoms with Gasteiger partial charge < -0.3 is 15.4 Å². The minimum Gasteiger partial charge on any atom is -0.415 e. The molecule has 1 atom stereocenters. The van der Waals surface area contributed by atoms with Crippen molar-refractivity contribution in [2.75, 3.05) is 13.1 Å². The van der Waals surface area contributed by atoms with Gasteiger partial charge in [0.2, 0.25) is 0 Å². The maximum Gasteiger partial charge on any atom is 0.491 e. The van der Waals surface area contributed by atoms with E-state index in [1.54, 1.807) is 0 Å². The van der Waals surface area contributed by atoms with Crippen molar-refractivity contribution in [3.05, 3.63) is 12.3 Å². The monoisotopic (exact) mass is 266 g/mol. The van der Waals surface area contributed by atoms with Gasteiger partial charge in [-0.1, -0.05) is 6.58 Å². The van der Waals surface area contributed by atoms with E-state index >= 15 is 0 Å². The predicted molar refractivity (Wildman–Crippen MR) is 55.3 cm³/mol. The van der Waals surface area contributed by atoms with Crippen LogP contribution in [0.5, 0.6) is 0 Å². The van der Waals surface area contributed by atoms with Crippen molar-refractivity contribution < 1.29 is 27.5 Å². The molecule has 102 valence electrons. The van der Waals surface area contributed by atoms with Crippen molar-refractivity contribution in [3.8, 4) is 0 Å². The number of amides is 1. The minimum atomic E-state index is -5.14. The minimum absolute atomic E-state index is 0.201. The molecule has 1 aliphatic rings. The van der Waals surface area contributed by atoms with Gasteiger partial charge in [0.15, 0.2) is 5.76 Å². The Hall–Kier alpha value is -1.57.